The van der Waals surface area contributed by atoms with Crippen molar-refractivity contribution >= 4 is 28.6 Å². The number of carbonyl (C=O) groups is 1. The van der Waals surface area contributed by atoms with Crippen LogP contribution < -0.4 is 0 Å². The molecule has 0 bridgehead atoms. The van der Waals surface area contributed by atoms with Crippen LogP contribution >= 0.6 is 11.3 Å². The molecule has 0 unspecified atom stereocenters. The molecular formula is C26H27N3O3S. The molecule has 0 spiro atoms. The first kappa shape index (κ1) is 24.1. The summed E-state index contributed by atoms with van der Waals surface area (Å²) in [6.45, 7) is 9.62. The van der Waals surface area contributed by atoms with Crippen molar-refractivity contribution in [1.82, 2.24) is 4.98 Å². The standard InChI is InChI=1S/C26H27N3O3S/c1-6-18(12-19(13-27)17(4)32-16(2)3)26-29-14-24(33-26)22-9-7-8-21-20(22)10-11-23(21)28-15-25(30)31-5/h6-9,12,14,16H,4,10-11,15H2,1-3,5H3/b18-6+,19-12-,28-23?. The van der Waals surface area contributed by atoms with Crippen LogP contribution in [0.15, 0.2) is 59.5 Å². The summed E-state index contributed by atoms with van der Waals surface area (Å²) in [5, 5.41) is 10.4. The van der Waals surface area contributed by atoms with Gasteiger partial charge in [-0.1, -0.05) is 30.9 Å². The number of benzene rings is 1. The molecule has 0 saturated carbocycles. The van der Waals surface area contributed by atoms with E-state index in [0.717, 1.165) is 45.1 Å². The van der Waals surface area contributed by atoms with Gasteiger partial charge in [0.15, 0.2) is 0 Å². The second kappa shape index (κ2) is 10.9. The van der Waals surface area contributed by atoms with Crippen molar-refractivity contribution in [2.75, 3.05) is 13.7 Å². The van der Waals surface area contributed by atoms with Crippen LogP contribution in [-0.2, 0) is 20.7 Å². The summed E-state index contributed by atoms with van der Waals surface area (Å²) >= 11 is 1.57. The molecule has 0 saturated heterocycles. The second-order valence-corrected chi connectivity index (χ2v) is 8.73. The van der Waals surface area contributed by atoms with Gasteiger partial charge in [0.1, 0.15) is 23.4 Å². The zero-order valence-corrected chi connectivity index (χ0v) is 20.2. The number of hydrogen-bond acceptors (Lipinski definition) is 7. The second-order valence-electron chi connectivity index (χ2n) is 7.70. The summed E-state index contributed by atoms with van der Waals surface area (Å²) in [4.78, 5) is 21.6. The van der Waals surface area contributed by atoms with Gasteiger partial charge in [0.25, 0.3) is 0 Å². The zero-order chi connectivity index (χ0) is 24.0. The molecule has 1 heterocycles. The van der Waals surface area contributed by atoms with Gasteiger partial charge in [-0.05, 0) is 56.4 Å². The SMILES string of the molecule is C=C(OC(C)C)/C(C#N)=C\C(=C/C)c1ncc(-c2cccc3c2CCC3=NCC(=O)OC)s1. The van der Waals surface area contributed by atoms with Crippen LogP contribution in [0.5, 0.6) is 0 Å². The Labute approximate surface area is 198 Å². The largest absolute Gasteiger partial charge is 0.490 e. The van der Waals surface area contributed by atoms with Crippen LogP contribution in [0.3, 0.4) is 0 Å². The Hall–Kier alpha value is -3.50. The quantitative estimate of drug-likeness (QED) is 0.224. The molecule has 0 N–H and O–H groups in total. The highest BCUT2D eigenvalue weighted by Crippen LogP contribution is 2.37. The van der Waals surface area contributed by atoms with Gasteiger partial charge in [0, 0.05) is 17.5 Å². The highest BCUT2D eigenvalue weighted by molar-refractivity contribution is 7.16. The van der Waals surface area contributed by atoms with E-state index in [1.165, 1.54) is 12.7 Å². The number of nitriles is 1. The van der Waals surface area contributed by atoms with E-state index in [4.69, 9.17) is 9.47 Å². The average molecular weight is 462 g/mol. The minimum absolute atomic E-state index is 0.0320. The highest BCUT2D eigenvalue weighted by Gasteiger charge is 2.22. The number of ether oxygens (including phenoxy) is 2. The molecule has 2 aromatic rings. The van der Waals surface area contributed by atoms with Crippen molar-refractivity contribution in [2.45, 2.75) is 39.7 Å². The van der Waals surface area contributed by atoms with Gasteiger partial charge in [-0.2, -0.15) is 5.26 Å². The highest BCUT2D eigenvalue weighted by atomic mass is 32.1. The van der Waals surface area contributed by atoms with Crippen LogP contribution in [0.2, 0.25) is 0 Å². The Balaban J connectivity index is 1.90. The summed E-state index contributed by atoms with van der Waals surface area (Å²) in [6, 6.07) is 8.31. The van der Waals surface area contributed by atoms with E-state index in [0.29, 0.717) is 11.3 Å². The number of aromatic nitrogens is 1. The maximum Gasteiger partial charge on any atom is 0.327 e. The van der Waals surface area contributed by atoms with Crippen molar-refractivity contribution in [3.63, 3.8) is 0 Å². The summed E-state index contributed by atoms with van der Waals surface area (Å²) in [6.07, 6.45) is 7.15. The predicted molar refractivity (Wildman–Crippen MR) is 132 cm³/mol. The number of methoxy groups -OCH3 is 1. The lowest BCUT2D eigenvalue weighted by Gasteiger charge is -2.11. The fraction of sp³-hybridized carbons (Fsp3) is 0.308. The molecule has 3 rings (SSSR count). The normalized spacial score (nSPS) is 14.8. The maximum absolute atomic E-state index is 11.5. The van der Waals surface area contributed by atoms with Gasteiger partial charge in [0.2, 0.25) is 0 Å². The maximum atomic E-state index is 11.5. The third-order valence-electron chi connectivity index (χ3n) is 5.15. The number of carbonyl (C=O) groups excluding carboxylic acids is 1. The lowest BCUT2D eigenvalue weighted by molar-refractivity contribution is -0.138. The van der Waals surface area contributed by atoms with Crippen molar-refractivity contribution in [3.05, 3.63) is 70.6 Å². The third kappa shape index (κ3) is 5.65. The van der Waals surface area contributed by atoms with Crippen LogP contribution in [-0.4, -0.2) is 36.4 Å². The fourth-order valence-corrected chi connectivity index (χ4v) is 4.62. The Morgan fingerprint density at radius 2 is 2.12 bits per heavy atom. The molecule has 7 heteroatoms. The van der Waals surface area contributed by atoms with Gasteiger partial charge in [-0.3, -0.25) is 9.79 Å². The van der Waals surface area contributed by atoms with Crippen LogP contribution in [0, 0.1) is 11.3 Å². The lowest BCUT2D eigenvalue weighted by atomic mass is 10.0. The van der Waals surface area contributed by atoms with E-state index >= 15 is 0 Å². The first-order chi connectivity index (χ1) is 15.9. The van der Waals surface area contributed by atoms with Gasteiger partial charge >= 0.3 is 5.97 Å². The first-order valence-electron chi connectivity index (χ1n) is 10.7. The number of esters is 1. The summed E-state index contributed by atoms with van der Waals surface area (Å²) in [7, 11) is 1.37. The van der Waals surface area contributed by atoms with E-state index in [2.05, 4.69) is 28.7 Å². The topological polar surface area (TPSA) is 84.6 Å². The first-order valence-corrected chi connectivity index (χ1v) is 11.5. The van der Waals surface area contributed by atoms with E-state index in [-0.39, 0.29) is 18.6 Å². The molecule has 0 amide bonds. The fourth-order valence-electron chi connectivity index (χ4n) is 3.60. The zero-order valence-electron chi connectivity index (χ0n) is 19.3. The average Bonchev–Trinajstić information content (AvgIpc) is 3.45. The number of hydrogen-bond donors (Lipinski definition) is 0. The van der Waals surface area contributed by atoms with Crippen LogP contribution in [0.25, 0.3) is 16.0 Å². The molecule has 6 nitrogen and oxygen atoms in total. The van der Waals surface area contributed by atoms with E-state index in [9.17, 15) is 10.1 Å². The van der Waals surface area contributed by atoms with Crippen molar-refractivity contribution in [2.24, 2.45) is 4.99 Å². The molecule has 0 aliphatic heterocycles. The Kier molecular flexibility index (Phi) is 7.96. The lowest BCUT2D eigenvalue weighted by Crippen LogP contribution is -2.07. The molecule has 33 heavy (non-hydrogen) atoms. The summed E-state index contributed by atoms with van der Waals surface area (Å²) < 4.78 is 10.3. The molecule has 1 aromatic carbocycles. The molecule has 0 atom stereocenters. The number of thiazole rings is 1. The van der Waals surface area contributed by atoms with Gasteiger partial charge in [-0.15, -0.1) is 11.3 Å². The summed E-state index contributed by atoms with van der Waals surface area (Å²) in [5.41, 5.74) is 5.55. The monoisotopic (exact) mass is 461 g/mol. The van der Waals surface area contributed by atoms with E-state index < -0.39 is 0 Å². The molecule has 0 radical (unpaired) electrons. The number of aliphatic imine (C=N–C) groups is 1. The number of nitrogens with zero attached hydrogens (tertiary/aromatic N) is 3. The van der Waals surface area contributed by atoms with E-state index in [1.807, 2.05) is 45.2 Å². The number of fused-ring (bicyclic) bond motifs is 1. The number of allylic oxidation sites excluding steroid dienone is 4. The molecular weight excluding hydrogens is 434 g/mol. The third-order valence-corrected chi connectivity index (χ3v) is 6.23. The smallest absolute Gasteiger partial charge is 0.327 e. The molecule has 1 aliphatic rings. The van der Waals surface area contributed by atoms with Crippen molar-refractivity contribution < 1.29 is 14.3 Å². The number of rotatable bonds is 8. The van der Waals surface area contributed by atoms with Crippen molar-refractivity contribution in [3.8, 4) is 16.5 Å². The van der Waals surface area contributed by atoms with Gasteiger partial charge in [0.05, 0.1) is 23.7 Å². The minimum Gasteiger partial charge on any atom is -0.490 e. The Morgan fingerprint density at radius 3 is 2.79 bits per heavy atom. The van der Waals surface area contributed by atoms with Gasteiger partial charge < -0.3 is 9.47 Å². The van der Waals surface area contributed by atoms with Gasteiger partial charge in [-0.25, -0.2) is 4.98 Å². The minimum atomic E-state index is -0.343. The molecule has 0 fully saturated rings. The van der Waals surface area contributed by atoms with Crippen LogP contribution in [0.1, 0.15) is 43.3 Å². The Bertz CT molecular complexity index is 1200. The van der Waals surface area contributed by atoms with Crippen molar-refractivity contribution in [1.29, 1.82) is 5.26 Å². The van der Waals surface area contributed by atoms with Crippen LogP contribution in [0.4, 0.5) is 0 Å². The molecule has 170 valence electrons. The predicted octanol–water partition coefficient (Wildman–Crippen LogP) is 5.51. The molecule has 1 aromatic heterocycles. The van der Waals surface area contributed by atoms with E-state index in [1.54, 1.807) is 17.4 Å². The Morgan fingerprint density at radius 1 is 1.36 bits per heavy atom. The molecule has 1 aliphatic carbocycles. The summed E-state index contributed by atoms with van der Waals surface area (Å²) in [5.74, 6) is 0.00707.